The first-order chi connectivity index (χ1) is 8.90. The molecule has 0 unspecified atom stereocenters. The van der Waals surface area contributed by atoms with Crippen LogP contribution in [0.3, 0.4) is 0 Å². The maximum atomic E-state index is 5.55. The summed E-state index contributed by atoms with van der Waals surface area (Å²) in [5, 5.41) is 0. The number of nitrogens with zero attached hydrogens (tertiary/aromatic N) is 2. The van der Waals surface area contributed by atoms with Gasteiger partial charge in [0, 0.05) is 17.8 Å². The molecule has 3 nitrogen and oxygen atoms in total. The Balaban J connectivity index is 2.18. The molecule has 0 fully saturated rings. The SMILES string of the molecule is CCOc1c[c]cn2c(-c3ccccc3)cnc12. The predicted molar refractivity (Wildman–Crippen MR) is 70.6 cm³/mol. The third kappa shape index (κ3) is 1.74. The van der Waals surface area contributed by atoms with Gasteiger partial charge in [0.25, 0.3) is 0 Å². The van der Waals surface area contributed by atoms with Gasteiger partial charge < -0.3 is 4.74 Å². The average molecular weight is 237 g/mol. The van der Waals surface area contributed by atoms with Crippen molar-refractivity contribution < 1.29 is 4.74 Å². The Bertz CT molecular complexity index is 659. The summed E-state index contributed by atoms with van der Waals surface area (Å²) in [6, 6.07) is 15.1. The summed E-state index contributed by atoms with van der Waals surface area (Å²) in [6.45, 7) is 2.59. The lowest BCUT2D eigenvalue weighted by Gasteiger charge is -2.05. The van der Waals surface area contributed by atoms with Gasteiger partial charge in [-0.2, -0.15) is 0 Å². The molecular formula is C15H13N2O. The molecule has 0 bridgehead atoms. The van der Waals surface area contributed by atoms with Crippen LogP contribution < -0.4 is 4.74 Å². The molecule has 0 aliphatic heterocycles. The van der Waals surface area contributed by atoms with E-state index >= 15 is 0 Å². The van der Waals surface area contributed by atoms with Crippen LogP contribution in [0.1, 0.15) is 6.92 Å². The van der Waals surface area contributed by atoms with Crippen LogP contribution in [0.5, 0.6) is 5.75 Å². The van der Waals surface area contributed by atoms with Gasteiger partial charge in [0.05, 0.1) is 18.5 Å². The molecule has 0 saturated carbocycles. The number of benzene rings is 1. The molecule has 0 saturated heterocycles. The molecule has 0 amide bonds. The quantitative estimate of drug-likeness (QED) is 0.699. The summed E-state index contributed by atoms with van der Waals surface area (Å²) >= 11 is 0. The molecule has 0 aliphatic rings. The molecule has 0 atom stereocenters. The first-order valence-electron chi connectivity index (χ1n) is 5.95. The number of pyridine rings is 1. The third-order valence-corrected chi connectivity index (χ3v) is 2.80. The van der Waals surface area contributed by atoms with E-state index in [2.05, 4.69) is 23.2 Å². The van der Waals surface area contributed by atoms with E-state index in [-0.39, 0.29) is 0 Å². The molecule has 1 aromatic carbocycles. The molecule has 0 N–H and O–H groups in total. The Morgan fingerprint density at radius 2 is 2.11 bits per heavy atom. The molecule has 2 heterocycles. The van der Waals surface area contributed by atoms with E-state index in [0.717, 1.165) is 22.7 Å². The van der Waals surface area contributed by atoms with Crippen molar-refractivity contribution in [3.63, 3.8) is 0 Å². The Labute approximate surface area is 106 Å². The fourth-order valence-electron chi connectivity index (χ4n) is 2.01. The maximum Gasteiger partial charge on any atom is 0.180 e. The summed E-state index contributed by atoms with van der Waals surface area (Å²) < 4.78 is 7.55. The summed E-state index contributed by atoms with van der Waals surface area (Å²) in [4.78, 5) is 4.43. The second-order valence-corrected chi connectivity index (χ2v) is 3.94. The standard InChI is InChI=1S/C15H13N2O/c1-2-18-14-9-6-10-17-13(11-16-15(14)17)12-7-4-3-5-8-12/h3-5,7-11H,2H2,1H3. The molecule has 18 heavy (non-hydrogen) atoms. The van der Waals surface area contributed by atoms with Crippen LogP contribution in [0.25, 0.3) is 16.9 Å². The van der Waals surface area contributed by atoms with Crippen LogP contribution in [0.2, 0.25) is 0 Å². The van der Waals surface area contributed by atoms with E-state index in [1.165, 1.54) is 0 Å². The second kappa shape index (κ2) is 4.53. The van der Waals surface area contributed by atoms with Crippen molar-refractivity contribution >= 4 is 5.65 Å². The molecular weight excluding hydrogens is 224 g/mol. The van der Waals surface area contributed by atoms with Crippen LogP contribution in [0.15, 0.2) is 48.8 Å². The van der Waals surface area contributed by atoms with Crippen molar-refractivity contribution in [1.29, 1.82) is 0 Å². The lowest BCUT2D eigenvalue weighted by atomic mass is 10.2. The Hall–Kier alpha value is -2.29. The van der Waals surface area contributed by atoms with E-state index in [9.17, 15) is 0 Å². The number of fused-ring (bicyclic) bond motifs is 1. The number of imidazole rings is 1. The van der Waals surface area contributed by atoms with Gasteiger partial charge >= 0.3 is 0 Å². The largest absolute Gasteiger partial charge is 0.490 e. The molecule has 0 aliphatic carbocycles. The fourth-order valence-corrected chi connectivity index (χ4v) is 2.01. The molecule has 89 valence electrons. The van der Waals surface area contributed by atoms with E-state index in [4.69, 9.17) is 4.74 Å². The van der Waals surface area contributed by atoms with Gasteiger partial charge in [-0.05, 0) is 13.0 Å². The summed E-state index contributed by atoms with van der Waals surface area (Å²) in [5.74, 6) is 0.766. The van der Waals surface area contributed by atoms with Crippen LogP contribution in [0.4, 0.5) is 0 Å². The van der Waals surface area contributed by atoms with Gasteiger partial charge in [-0.3, -0.25) is 4.40 Å². The van der Waals surface area contributed by atoms with Gasteiger partial charge in [0.15, 0.2) is 11.4 Å². The highest BCUT2D eigenvalue weighted by Gasteiger charge is 2.09. The van der Waals surface area contributed by atoms with Crippen molar-refractivity contribution in [2.24, 2.45) is 0 Å². The normalized spacial score (nSPS) is 10.7. The number of rotatable bonds is 3. The summed E-state index contributed by atoms with van der Waals surface area (Å²) in [5.41, 5.74) is 3.00. The smallest absolute Gasteiger partial charge is 0.180 e. The Morgan fingerprint density at radius 1 is 1.28 bits per heavy atom. The van der Waals surface area contributed by atoms with E-state index in [1.807, 2.05) is 48.0 Å². The number of aromatic nitrogens is 2. The first kappa shape index (κ1) is 10.8. The fraction of sp³-hybridized carbons (Fsp3) is 0.133. The molecule has 3 heteroatoms. The van der Waals surface area contributed by atoms with Gasteiger partial charge in [-0.1, -0.05) is 30.3 Å². The minimum absolute atomic E-state index is 0.626. The third-order valence-electron chi connectivity index (χ3n) is 2.80. The van der Waals surface area contributed by atoms with Crippen LogP contribution in [-0.4, -0.2) is 16.0 Å². The average Bonchev–Trinajstić information content (AvgIpc) is 2.85. The van der Waals surface area contributed by atoms with Crippen molar-refractivity contribution in [3.05, 3.63) is 54.9 Å². The second-order valence-electron chi connectivity index (χ2n) is 3.94. The lowest BCUT2D eigenvalue weighted by Crippen LogP contribution is -1.95. The molecule has 2 aromatic heterocycles. The van der Waals surface area contributed by atoms with Crippen molar-refractivity contribution in [1.82, 2.24) is 9.38 Å². The zero-order valence-corrected chi connectivity index (χ0v) is 10.1. The molecule has 1 radical (unpaired) electrons. The van der Waals surface area contributed by atoms with Gasteiger partial charge in [-0.25, -0.2) is 4.98 Å². The number of hydrogen-bond donors (Lipinski definition) is 0. The monoisotopic (exact) mass is 237 g/mol. The highest BCUT2D eigenvalue weighted by atomic mass is 16.5. The van der Waals surface area contributed by atoms with Crippen molar-refractivity contribution in [2.75, 3.05) is 6.61 Å². The Morgan fingerprint density at radius 3 is 2.89 bits per heavy atom. The van der Waals surface area contributed by atoms with E-state index in [1.54, 1.807) is 0 Å². The zero-order chi connectivity index (χ0) is 12.4. The first-order valence-corrected chi connectivity index (χ1v) is 5.95. The summed E-state index contributed by atoms with van der Waals surface area (Å²) in [6.07, 6.45) is 3.74. The van der Waals surface area contributed by atoms with E-state index < -0.39 is 0 Å². The summed E-state index contributed by atoms with van der Waals surface area (Å²) in [7, 11) is 0. The topological polar surface area (TPSA) is 26.5 Å². The van der Waals surface area contributed by atoms with Crippen LogP contribution in [0, 0.1) is 6.07 Å². The number of hydrogen-bond acceptors (Lipinski definition) is 2. The highest BCUT2D eigenvalue weighted by Crippen LogP contribution is 2.25. The van der Waals surface area contributed by atoms with Gasteiger partial charge in [0.2, 0.25) is 0 Å². The minimum atomic E-state index is 0.626. The van der Waals surface area contributed by atoms with E-state index in [0.29, 0.717) is 6.61 Å². The number of ether oxygens (including phenoxy) is 1. The minimum Gasteiger partial charge on any atom is -0.490 e. The van der Waals surface area contributed by atoms with Crippen LogP contribution in [-0.2, 0) is 0 Å². The lowest BCUT2D eigenvalue weighted by molar-refractivity contribution is 0.342. The maximum absolute atomic E-state index is 5.55. The highest BCUT2D eigenvalue weighted by molar-refractivity contribution is 5.66. The Kier molecular flexibility index (Phi) is 2.73. The van der Waals surface area contributed by atoms with Gasteiger partial charge in [-0.15, -0.1) is 0 Å². The van der Waals surface area contributed by atoms with Crippen LogP contribution >= 0.6 is 0 Å². The van der Waals surface area contributed by atoms with Gasteiger partial charge in [0.1, 0.15) is 0 Å². The molecule has 3 aromatic rings. The molecule has 0 spiro atoms. The van der Waals surface area contributed by atoms with Crippen molar-refractivity contribution in [2.45, 2.75) is 6.92 Å². The predicted octanol–water partition coefficient (Wildman–Crippen LogP) is 3.20. The van der Waals surface area contributed by atoms with Crippen molar-refractivity contribution in [3.8, 4) is 17.0 Å². The molecule has 3 rings (SSSR count). The zero-order valence-electron chi connectivity index (χ0n) is 10.1.